The Morgan fingerprint density at radius 3 is 2.04 bits per heavy atom. The van der Waals surface area contributed by atoms with Gasteiger partial charge in [0.05, 0.1) is 19.4 Å². The second-order valence-electron chi connectivity index (χ2n) is 6.57. The van der Waals surface area contributed by atoms with Gasteiger partial charge in [0.1, 0.15) is 18.2 Å². The van der Waals surface area contributed by atoms with Gasteiger partial charge in [-0.05, 0) is 30.5 Å². The monoisotopic (exact) mass is 370 g/mol. The van der Waals surface area contributed by atoms with Crippen LogP contribution in [-0.4, -0.2) is 51.2 Å². The van der Waals surface area contributed by atoms with Crippen molar-refractivity contribution in [2.75, 3.05) is 13.2 Å². The third kappa shape index (κ3) is 8.44. The molecule has 7 nitrogen and oxygen atoms in total. The van der Waals surface area contributed by atoms with Crippen LogP contribution in [0.5, 0.6) is 5.75 Å². The maximum absolute atomic E-state index is 10.2. The number of aryl methyl sites for hydroxylation is 1. The Hall–Kier alpha value is -1.22. The molecule has 0 aliphatic carbocycles. The Morgan fingerprint density at radius 1 is 0.885 bits per heavy atom. The van der Waals surface area contributed by atoms with Gasteiger partial charge in [-0.15, -0.1) is 0 Å². The molecule has 0 fully saturated rings. The number of phenols is 1. The smallest absolute Gasteiger partial charge is 0.129 e. The van der Waals surface area contributed by atoms with Crippen LogP contribution in [-0.2, 0) is 6.42 Å². The Balaban J connectivity index is 2.76. The maximum atomic E-state index is 10.2. The molecule has 0 radical (unpaired) electrons. The maximum Gasteiger partial charge on any atom is 0.129 e. The van der Waals surface area contributed by atoms with E-state index in [4.69, 9.17) is 10.2 Å². The number of aromatic hydroxyl groups is 1. The summed E-state index contributed by atoms with van der Waals surface area (Å²) in [5.41, 5.74) is 1.48. The van der Waals surface area contributed by atoms with Crippen molar-refractivity contribution in [1.82, 2.24) is 10.6 Å². The van der Waals surface area contributed by atoms with Crippen LogP contribution >= 0.6 is 0 Å². The second-order valence-corrected chi connectivity index (χ2v) is 6.57. The lowest BCUT2D eigenvalue weighted by atomic mass is 10.0. The number of hydrogen-bond acceptors (Lipinski definition) is 7. The predicted octanol–water partition coefficient (Wildman–Crippen LogP) is 1.09. The first-order chi connectivity index (χ1) is 12.5. The molecule has 150 valence electrons. The summed E-state index contributed by atoms with van der Waals surface area (Å²) < 4.78 is 0. The van der Waals surface area contributed by atoms with Crippen LogP contribution in [0.25, 0.3) is 0 Å². The quantitative estimate of drug-likeness (QED) is 0.193. The minimum Gasteiger partial charge on any atom is -0.508 e. The number of nitrogens with one attached hydrogen (secondary N) is 2. The van der Waals surface area contributed by atoms with E-state index in [-0.39, 0.29) is 5.75 Å². The third-order valence-electron chi connectivity index (χ3n) is 4.29. The molecule has 7 N–H and O–H groups in total. The van der Waals surface area contributed by atoms with E-state index in [2.05, 4.69) is 17.6 Å². The van der Waals surface area contributed by atoms with Gasteiger partial charge in [0.2, 0.25) is 0 Å². The van der Waals surface area contributed by atoms with Gasteiger partial charge in [0.25, 0.3) is 0 Å². The van der Waals surface area contributed by atoms with E-state index in [0.29, 0.717) is 5.56 Å². The SMILES string of the molecule is CCCCCCCCc1ccc(O)c(C(NC(O)CO)NC(O)CO)c1. The number of hydrogen-bond donors (Lipinski definition) is 7. The highest BCUT2D eigenvalue weighted by Gasteiger charge is 2.21. The zero-order valence-electron chi connectivity index (χ0n) is 15.6. The van der Waals surface area contributed by atoms with E-state index in [0.717, 1.165) is 24.8 Å². The average molecular weight is 370 g/mol. The highest BCUT2D eigenvalue weighted by atomic mass is 16.3. The molecular weight excluding hydrogens is 336 g/mol. The highest BCUT2D eigenvalue weighted by Crippen LogP contribution is 2.25. The van der Waals surface area contributed by atoms with E-state index >= 15 is 0 Å². The molecule has 26 heavy (non-hydrogen) atoms. The molecule has 0 aliphatic heterocycles. The fraction of sp³-hybridized carbons (Fsp3) is 0.684. The lowest BCUT2D eigenvalue weighted by molar-refractivity contribution is 0.0206. The highest BCUT2D eigenvalue weighted by molar-refractivity contribution is 5.38. The van der Waals surface area contributed by atoms with Gasteiger partial charge in [-0.25, -0.2) is 0 Å². The number of benzene rings is 1. The molecule has 0 amide bonds. The van der Waals surface area contributed by atoms with E-state index in [1.165, 1.54) is 25.7 Å². The minimum absolute atomic E-state index is 0.00280. The summed E-state index contributed by atoms with van der Waals surface area (Å²) in [6.07, 6.45) is 4.74. The molecule has 2 atom stereocenters. The van der Waals surface area contributed by atoms with E-state index in [1.54, 1.807) is 12.1 Å². The van der Waals surface area contributed by atoms with Crippen molar-refractivity contribution in [3.63, 3.8) is 0 Å². The molecule has 0 saturated carbocycles. The molecule has 0 saturated heterocycles. The van der Waals surface area contributed by atoms with Crippen molar-refractivity contribution < 1.29 is 25.5 Å². The van der Waals surface area contributed by atoms with Gasteiger partial charge in [0, 0.05) is 5.56 Å². The Bertz CT molecular complexity index is 489. The number of aliphatic hydroxyl groups is 4. The summed E-state index contributed by atoms with van der Waals surface area (Å²) in [4.78, 5) is 0. The van der Waals surface area contributed by atoms with Gasteiger partial charge in [-0.2, -0.15) is 0 Å². The fourth-order valence-electron chi connectivity index (χ4n) is 2.82. The number of phenolic OH excluding ortho intramolecular Hbond substituents is 1. The Kier molecular flexibility index (Phi) is 11.4. The van der Waals surface area contributed by atoms with Crippen LogP contribution in [0, 0.1) is 0 Å². The van der Waals surface area contributed by atoms with Crippen molar-refractivity contribution in [2.24, 2.45) is 0 Å². The third-order valence-corrected chi connectivity index (χ3v) is 4.29. The number of rotatable bonds is 14. The first kappa shape index (κ1) is 22.8. The molecule has 7 heteroatoms. The molecule has 0 aromatic heterocycles. The van der Waals surface area contributed by atoms with Gasteiger partial charge >= 0.3 is 0 Å². The predicted molar refractivity (Wildman–Crippen MR) is 100 cm³/mol. The molecule has 0 heterocycles. The van der Waals surface area contributed by atoms with Crippen LogP contribution in [0.3, 0.4) is 0 Å². The van der Waals surface area contributed by atoms with E-state index in [9.17, 15) is 15.3 Å². The number of unbranched alkanes of at least 4 members (excludes halogenated alkanes) is 5. The zero-order valence-corrected chi connectivity index (χ0v) is 15.6. The summed E-state index contributed by atoms with van der Waals surface area (Å²) in [7, 11) is 0. The first-order valence-electron chi connectivity index (χ1n) is 9.43. The van der Waals surface area contributed by atoms with Crippen molar-refractivity contribution >= 4 is 0 Å². The molecule has 0 aliphatic rings. The summed E-state index contributed by atoms with van der Waals surface area (Å²) in [6, 6.07) is 5.24. The molecule has 1 aromatic rings. The van der Waals surface area contributed by atoms with Gasteiger partial charge in [-0.3, -0.25) is 10.6 Å². The standard InChI is InChI=1S/C19H34N2O5/c1-2-3-4-5-6-7-8-14-9-10-16(24)15(11-14)19(20-17(25)12-22)21-18(26)13-23/h9-11,17-26H,2-8,12-13H2,1H3. The number of aliphatic hydroxyl groups excluding tert-OH is 4. The van der Waals surface area contributed by atoms with Crippen LogP contribution in [0.4, 0.5) is 0 Å². The molecular formula is C19H34N2O5. The zero-order chi connectivity index (χ0) is 19.4. The van der Waals surface area contributed by atoms with Crippen molar-refractivity contribution in [3.8, 4) is 5.75 Å². The average Bonchev–Trinajstić information content (AvgIpc) is 2.64. The van der Waals surface area contributed by atoms with Gasteiger partial charge in [-0.1, -0.05) is 45.1 Å². The van der Waals surface area contributed by atoms with Crippen molar-refractivity contribution in [1.29, 1.82) is 0 Å². The molecule has 2 unspecified atom stereocenters. The Labute approximate surface area is 155 Å². The van der Waals surface area contributed by atoms with Crippen LogP contribution < -0.4 is 10.6 Å². The first-order valence-corrected chi connectivity index (χ1v) is 9.43. The lowest BCUT2D eigenvalue weighted by Crippen LogP contribution is -2.47. The molecule has 1 aromatic carbocycles. The molecule has 0 spiro atoms. The summed E-state index contributed by atoms with van der Waals surface area (Å²) in [5.74, 6) is -0.00280. The van der Waals surface area contributed by atoms with Crippen LogP contribution in [0.1, 0.15) is 62.7 Å². The van der Waals surface area contributed by atoms with Gasteiger partial charge in [0.15, 0.2) is 0 Å². The minimum atomic E-state index is -1.24. The van der Waals surface area contributed by atoms with Crippen molar-refractivity contribution in [2.45, 2.75) is 70.5 Å². The second kappa shape index (κ2) is 13.0. The van der Waals surface area contributed by atoms with Crippen LogP contribution in [0.15, 0.2) is 18.2 Å². The molecule has 0 bridgehead atoms. The largest absolute Gasteiger partial charge is 0.508 e. The Morgan fingerprint density at radius 2 is 1.46 bits per heavy atom. The lowest BCUT2D eigenvalue weighted by Gasteiger charge is -2.26. The normalized spacial score (nSPS) is 15.0. The topological polar surface area (TPSA) is 125 Å². The molecule has 1 rings (SSSR count). The van der Waals surface area contributed by atoms with Crippen molar-refractivity contribution in [3.05, 3.63) is 29.3 Å². The van der Waals surface area contributed by atoms with Crippen LogP contribution in [0.2, 0.25) is 0 Å². The summed E-state index contributed by atoms with van der Waals surface area (Å²) in [5, 5.41) is 52.9. The summed E-state index contributed by atoms with van der Waals surface area (Å²) in [6.45, 7) is 1.15. The van der Waals surface area contributed by atoms with E-state index < -0.39 is 31.8 Å². The van der Waals surface area contributed by atoms with E-state index in [1.807, 2.05) is 6.07 Å². The van der Waals surface area contributed by atoms with Gasteiger partial charge < -0.3 is 25.5 Å². The summed E-state index contributed by atoms with van der Waals surface area (Å²) >= 11 is 0. The fourth-order valence-corrected chi connectivity index (χ4v) is 2.82.